The first kappa shape index (κ1) is 12.1. The molecule has 21 heavy (non-hydrogen) atoms. The molecule has 0 spiro atoms. The van der Waals surface area contributed by atoms with Crippen molar-refractivity contribution in [2.75, 3.05) is 0 Å². The lowest BCUT2D eigenvalue weighted by atomic mass is 9.87. The smallest absolute Gasteiger partial charge is 0.267 e. The van der Waals surface area contributed by atoms with Crippen molar-refractivity contribution in [3.05, 3.63) is 35.4 Å². The van der Waals surface area contributed by atoms with Crippen LogP contribution in [-0.4, -0.2) is 40.8 Å². The van der Waals surface area contributed by atoms with Gasteiger partial charge in [0.1, 0.15) is 6.34 Å². The molecule has 3 amide bonds. The van der Waals surface area contributed by atoms with Gasteiger partial charge in [0.15, 0.2) is 11.5 Å². The number of fused-ring (bicyclic) bond motifs is 2. The normalized spacial score (nSPS) is 23.6. The first-order chi connectivity index (χ1) is 10.2. The minimum Gasteiger partial charge on any atom is -0.267 e. The van der Waals surface area contributed by atoms with E-state index in [1.54, 1.807) is 0 Å². The maximum Gasteiger partial charge on any atom is 0.352 e. The highest BCUT2D eigenvalue weighted by Crippen LogP contribution is 2.26. The molecule has 1 aromatic rings. The summed E-state index contributed by atoms with van der Waals surface area (Å²) in [6, 6.07) is 7.44. The van der Waals surface area contributed by atoms with E-state index in [1.807, 2.05) is 18.2 Å². The van der Waals surface area contributed by atoms with Crippen molar-refractivity contribution >= 4 is 29.8 Å². The summed E-state index contributed by atoms with van der Waals surface area (Å²) in [5, 5.41) is 0. The van der Waals surface area contributed by atoms with Crippen LogP contribution in [0, 0.1) is 0 Å². The van der Waals surface area contributed by atoms with Crippen molar-refractivity contribution < 1.29 is 9.59 Å². The molecule has 0 N–H and O–H groups in total. The standard InChI is InChI=1S/C15H12N4O2/c20-14-12-13(17-8-16-12)18-15(21)19(14)11-6-5-9-3-1-2-4-10(9)7-11/h1-4,8,11H,5-7H2. The van der Waals surface area contributed by atoms with Crippen LogP contribution in [0.3, 0.4) is 0 Å². The summed E-state index contributed by atoms with van der Waals surface area (Å²) in [5.74, 6) is -0.246. The van der Waals surface area contributed by atoms with E-state index in [9.17, 15) is 9.59 Å². The van der Waals surface area contributed by atoms with Gasteiger partial charge in [-0.25, -0.2) is 14.8 Å². The van der Waals surface area contributed by atoms with Crippen molar-refractivity contribution in [1.82, 2.24) is 4.90 Å². The molecule has 1 unspecified atom stereocenters. The average Bonchev–Trinajstić information content (AvgIpc) is 2.95. The minimum absolute atomic E-state index is 0.137. The summed E-state index contributed by atoms with van der Waals surface area (Å²) in [6.45, 7) is 0. The number of hydrogen-bond acceptors (Lipinski definition) is 4. The van der Waals surface area contributed by atoms with Gasteiger partial charge in [0.25, 0.3) is 5.91 Å². The molecule has 0 fully saturated rings. The zero-order valence-corrected chi connectivity index (χ0v) is 11.2. The molecule has 0 saturated carbocycles. The van der Waals surface area contributed by atoms with Crippen LogP contribution in [-0.2, 0) is 17.6 Å². The second-order valence-corrected chi connectivity index (χ2v) is 5.28. The first-order valence-corrected chi connectivity index (χ1v) is 6.88. The summed E-state index contributed by atoms with van der Waals surface area (Å²) in [4.78, 5) is 37.4. The van der Waals surface area contributed by atoms with Crippen LogP contribution in [0.4, 0.5) is 4.79 Å². The number of hydrogen-bond donors (Lipinski definition) is 0. The molecule has 3 aliphatic rings. The highest BCUT2D eigenvalue weighted by atomic mass is 16.2. The molecule has 2 aliphatic heterocycles. The summed E-state index contributed by atoms with van der Waals surface area (Å²) in [5.41, 5.74) is 2.65. The molecular formula is C15H12N4O2. The van der Waals surface area contributed by atoms with Crippen molar-refractivity contribution in [1.29, 1.82) is 0 Å². The molecule has 0 aromatic heterocycles. The summed E-state index contributed by atoms with van der Waals surface area (Å²) in [7, 11) is 0. The van der Waals surface area contributed by atoms with Gasteiger partial charge in [0.05, 0.1) is 0 Å². The third-order valence-corrected chi connectivity index (χ3v) is 4.09. The minimum atomic E-state index is -0.530. The lowest BCUT2D eigenvalue weighted by molar-refractivity contribution is -0.123. The fourth-order valence-corrected chi connectivity index (χ4v) is 3.06. The van der Waals surface area contributed by atoms with E-state index in [2.05, 4.69) is 21.0 Å². The van der Waals surface area contributed by atoms with Crippen LogP contribution in [0.15, 0.2) is 39.2 Å². The number of aryl methyl sites for hydroxylation is 1. The molecule has 1 aromatic carbocycles. The molecule has 104 valence electrons. The van der Waals surface area contributed by atoms with Crippen LogP contribution >= 0.6 is 0 Å². The number of aliphatic imine (C=N–C) groups is 3. The summed E-state index contributed by atoms with van der Waals surface area (Å²) >= 11 is 0. The van der Waals surface area contributed by atoms with E-state index in [0.29, 0.717) is 6.42 Å². The Bertz CT molecular complexity index is 748. The number of amidine groups is 1. The van der Waals surface area contributed by atoms with E-state index >= 15 is 0 Å². The van der Waals surface area contributed by atoms with Gasteiger partial charge >= 0.3 is 6.03 Å². The Morgan fingerprint density at radius 2 is 1.95 bits per heavy atom. The van der Waals surface area contributed by atoms with Crippen LogP contribution in [0.2, 0.25) is 0 Å². The number of benzene rings is 1. The lowest BCUT2D eigenvalue weighted by Crippen LogP contribution is -2.52. The Hall–Kier alpha value is -2.63. The second kappa shape index (κ2) is 4.44. The molecule has 2 heterocycles. The topological polar surface area (TPSA) is 74.5 Å². The Labute approximate surface area is 120 Å². The van der Waals surface area contributed by atoms with Gasteiger partial charge in [0.2, 0.25) is 0 Å². The molecule has 0 radical (unpaired) electrons. The average molecular weight is 280 g/mol. The molecule has 0 bridgehead atoms. The maximum absolute atomic E-state index is 12.4. The molecule has 4 rings (SSSR count). The number of carbonyl (C=O) groups excluding carboxylic acids is 2. The van der Waals surface area contributed by atoms with Crippen molar-refractivity contribution in [2.24, 2.45) is 15.0 Å². The molecule has 0 saturated heterocycles. The maximum atomic E-state index is 12.4. The Morgan fingerprint density at radius 3 is 2.81 bits per heavy atom. The fraction of sp³-hybridized carbons (Fsp3) is 0.267. The van der Waals surface area contributed by atoms with Crippen molar-refractivity contribution in [3.8, 4) is 0 Å². The quantitative estimate of drug-likeness (QED) is 0.779. The van der Waals surface area contributed by atoms with Crippen LogP contribution in [0.5, 0.6) is 0 Å². The third-order valence-electron chi connectivity index (χ3n) is 4.09. The lowest BCUT2D eigenvalue weighted by Gasteiger charge is -2.33. The highest BCUT2D eigenvalue weighted by Gasteiger charge is 2.40. The van der Waals surface area contributed by atoms with Crippen LogP contribution in [0.25, 0.3) is 0 Å². The Balaban J connectivity index is 1.66. The monoisotopic (exact) mass is 280 g/mol. The van der Waals surface area contributed by atoms with Gasteiger partial charge in [-0.05, 0) is 30.4 Å². The fourth-order valence-electron chi connectivity index (χ4n) is 3.06. The number of rotatable bonds is 1. The number of urea groups is 1. The number of nitrogens with zero attached hydrogens (tertiary/aromatic N) is 4. The van der Waals surface area contributed by atoms with E-state index in [1.165, 1.54) is 22.4 Å². The number of carbonyl (C=O) groups is 2. The van der Waals surface area contributed by atoms with Gasteiger partial charge in [-0.15, -0.1) is 0 Å². The Morgan fingerprint density at radius 1 is 1.14 bits per heavy atom. The predicted octanol–water partition coefficient (Wildman–Crippen LogP) is 1.39. The molecule has 1 atom stereocenters. The zero-order chi connectivity index (χ0) is 14.4. The Kier molecular flexibility index (Phi) is 2.57. The summed E-state index contributed by atoms with van der Waals surface area (Å²) in [6.07, 6.45) is 3.55. The van der Waals surface area contributed by atoms with Gasteiger partial charge in [-0.1, -0.05) is 24.3 Å². The first-order valence-electron chi connectivity index (χ1n) is 6.88. The van der Waals surface area contributed by atoms with Gasteiger partial charge in [-0.2, -0.15) is 4.99 Å². The largest absolute Gasteiger partial charge is 0.352 e. The molecular weight excluding hydrogens is 268 g/mol. The van der Waals surface area contributed by atoms with Crippen LogP contribution in [0.1, 0.15) is 17.5 Å². The SMILES string of the molecule is O=C1N=C2N=CN=C2C(=O)N1C1CCc2ccccc2C1. The third kappa shape index (κ3) is 1.83. The zero-order valence-electron chi connectivity index (χ0n) is 11.2. The van der Waals surface area contributed by atoms with E-state index in [-0.39, 0.29) is 23.5 Å². The van der Waals surface area contributed by atoms with E-state index < -0.39 is 6.03 Å². The highest BCUT2D eigenvalue weighted by molar-refractivity contribution is 6.71. The van der Waals surface area contributed by atoms with Gasteiger partial charge < -0.3 is 0 Å². The van der Waals surface area contributed by atoms with Gasteiger partial charge in [0, 0.05) is 6.04 Å². The number of amides is 3. The van der Waals surface area contributed by atoms with Crippen molar-refractivity contribution in [3.63, 3.8) is 0 Å². The molecule has 6 nitrogen and oxygen atoms in total. The van der Waals surface area contributed by atoms with Crippen LogP contribution < -0.4 is 0 Å². The van der Waals surface area contributed by atoms with Crippen molar-refractivity contribution in [2.45, 2.75) is 25.3 Å². The number of imide groups is 1. The van der Waals surface area contributed by atoms with Gasteiger partial charge in [-0.3, -0.25) is 9.69 Å². The molecule has 1 aliphatic carbocycles. The predicted molar refractivity (Wildman–Crippen MR) is 77.9 cm³/mol. The second-order valence-electron chi connectivity index (χ2n) is 5.28. The van der Waals surface area contributed by atoms with E-state index in [4.69, 9.17) is 0 Å². The summed E-state index contributed by atoms with van der Waals surface area (Å²) < 4.78 is 0. The molecule has 6 heteroatoms. The van der Waals surface area contributed by atoms with E-state index in [0.717, 1.165) is 12.8 Å².